The Labute approximate surface area is 74.2 Å². The van der Waals surface area contributed by atoms with Gasteiger partial charge in [-0.25, -0.2) is 0 Å². The van der Waals surface area contributed by atoms with Gasteiger partial charge in [0.25, 0.3) is 0 Å². The van der Waals surface area contributed by atoms with E-state index in [4.69, 9.17) is 0 Å². The fourth-order valence-electron chi connectivity index (χ4n) is 1.30. The van der Waals surface area contributed by atoms with Crippen LogP contribution in [-0.2, 0) is 0 Å². The molecule has 0 radical (unpaired) electrons. The molecule has 0 fully saturated rings. The monoisotopic (exact) mass is 161 g/mol. The third kappa shape index (κ3) is 1.94. The van der Waals surface area contributed by atoms with E-state index in [2.05, 4.69) is 30.6 Å². The molecule has 1 aliphatic rings. The molecule has 0 unspecified atom stereocenters. The minimum absolute atomic E-state index is 0.995. The first-order chi connectivity index (χ1) is 5.77. The van der Waals surface area contributed by atoms with Crippen molar-refractivity contribution >= 4 is 5.71 Å². The van der Waals surface area contributed by atoms with Gasteiger partial charge >= 0.3 is 0 Å². The number of hydrogen-bond acceptors (Lipinski definition) is 1. The van der Waals surface area contributed by atoms with Crippen molar-refractivity contribution in [2.45, 2.75) is 19.8 Å². The molecule has 0 atom stereocenters. The highest BCUT2D eigenvalue weighted by molar-refractivity contribution is 6.11. The molecule has 0 saturated heterocycles. The molecular weight excluding hydrogens is 146 g/mol. The molecule has 1 aliphatic carbocycles. The molecule has 0 heterocycles. The molecule has 1 nitrogen and oxygen atoms in total. The van der Waals surface area contributed by atoms with E-state index in [0.29, 0.717) is 0 Å². The summed E-state index contributed by atoms with van der Waals surface area (Å²) >= 11 is 0. The second kappa shape index (κ2) is 4.05. The minimum Gasteiger partial charge on any atom is -0.288 e. The van der Waals surface area contributed by atoms with Gasteiger partial charge in [-0.3, -0.25) is 4.99 Å². The lowest BCUT2D eigenvalue weighted by Crippen LogP contribution is -2.00. The standard InChI is InChI=1S/C11H15N/c1-4-5-10-6-7-11(12-3)9(2)8-10/h6-8H,2,4-5H2,1,3H3/b12-11+. The lowest BCUT2D eigenvalue weighted by Gasteiger charge is -2.09. The SMILES string of the molecule is C=C1C=C(CCC)C=C/C1=N\C. The summed E-state index contributed by atoms with van der Waals surface area (Å²) in [6.07, 6.45) is 8.59. The van der Waals surface area contributed by atoms with Gasteiger partial charge in [0.1, 0.15) is 0 Å². The first kappa shape index (κ1) is 8.98. The summed E-state index contributed by atoms with van der Waals surface area (Å²) in [6, 6.07) is 0. The highest BCUT2D eigenvalue weighted by atomic mass is 14.7. The van der Waals surface area contributed by atoms with Crippen molar-refractivity contribution in [3.63, 3.8) is 0 Å². The van der Waals surface area contributed by atoms with Crippen LogP contribution in [0, 0.1) is 0 Å². The van der Waals surface area contributed by atoms with Crippen LogP contribution >= 0.6 is 0 Å². The maximum absolute atomic E-state index is 4.11. The van der Waals surface area contributed by atoms with Gasteiger partial charge in [-0.1, -0.05) is 32.1 Å². The van der Waals surface area contributed by atoms with Crippen molar-refractivity contribution in [2.75, 3.05) is 7.05 Å². The molecule has 0 aromatic rings. The van der Waals surface area contributed by atoms with Crippen LogP contribution < -0.4 is 0 Å². The zero-order chi connectivity index (χ0) is 8.97. The van der Waals surface area contributed by atoms with E-state index in [1.165, 1.54) is 12.0 Å². The number of nitrogens with zero attached hydrogens (tertiary/aromatic N) is 1. The van der Waals surface area contributed by atoms with E-state index in [9.17, 15) is 0 Å². The van der Waals surface area contributed by atoms with Crippen LogP contribution in [0.2, 0.25) is 0 Å². The normalized spacial score (nSPS) is 20.0. The highest BCUT2D eigenvalue weighted by Gasteiger charge is 2.04. The molecule has 0 aromatic carbocycles. The van der Waals surface area contributed by atoms with Gasteiger partial charge in [0.15, 0.2) is 0 Å². The smallest absolute Gasteiger partial charge is 0.0637 e. The Kier molecular flexibility index (Phi) is 3.03. The Morgan fingerprint density at radius 1 is 1.42 bits per heavy atom. The van der Waals surface area contributed by atoms with E-state index in [-0.39, 0.29) is 0 Å². The van der Waals surface area contributed by atoms with Crippen molar-refractivity contribution < 1.29 is 0 Å². The fraction of sp³-hybridized carbons (Fsp3) is 0.364. The molecular formula is C11H15N. The van der Waals surface area contributed by atoms with E-state index >= 15 is 0 Å². The Morgan fingerprint density at radius 2 is 2.17 bits per heavy atom. The Morgan fingerprint density at radius 3 is 2.67 bits per heavy atom. The van der Waals surface area contributed by atoms with Gasteiger partial charge in [0.2, 0.25) is 0 Å². The van der Waals surface area contributed by atoms with Crippen LogP contribution in [0.1, 0.15) is 19.8 Å². The lowest BCUT2D eigenvalue weighted by molar-refractivity contribution is 0.925. The minimum atomic E-state index is 0.995. The van der Waals surface area contributed by atoms with E-state index in [1.807, 2.05) is 6.08 Å². The Bertz CT molecular complexity index is 267. The molecule has 1 rings (SSSR count). The molecule has 64 valence electrons. The third-order valence-corrected chi connectivity index (χ3v) is 1.92. The van der Waals surface area contributed by atoms with Gasteiger partial charge in [0.05, 0.1) is 5.71 Å². The first-order valence-corrected chi connectivity index (χ1v) is 4.32. The molecule has 12 heavy (non-hydrogen) atoms. The van der Waals surface area contributed by atoms with Crippen molar-refractivity contribution in [2.24, 2.45) is 4.99 Å². The molecule has 1 heteroatoms. The quantitative estimate of drug-likeness (QED) is 0.590. The fourth-order valence-corrected chi connectivity index (χ4v) is 1.30. The van der Waals surface area contributed by atoms with E-state index in [1.54, 1.807) is 7.05 Å². The summed E-state index contributed by atoms with van der Waals surface area (Å²) in [5.74, 6) is 0. The first-order valence-electron chi connectivity index (χ1n) is 4.32. The van der Waals surface area contributed by atoms with Gasteiger partial charge in [-0.15, -0.1) is 0 Å². The van der Waals surface area contributed by atoms with Crippen molar-refractivity contribution in [3.8, 4) is 0 Å². The van der Waals surface area contributed by atoms with Crippen LogP contribution in [0.15, 0.2) is 40.9 Å². The molecule has 0 aromatic heterocycles. The molecule has 0 saturated carbocycles. The van der Waals surface area contributed by atoms with Crippen molar-refractivity contribution in [1.29, 1.82) is 0 Å². The van der Waals surface area contributed by atoms with Gasteiger partial charge in [-0.2, -0.15) is 0 Å². The predicted octanol–water partition coefficient (Wildman–Crippen LogP) is 2.91. The Balaban J connectivity index is 2.76. The number of rotatable bonds is 2. The maximum Gasteiger partial charge on any atom is 0.0637 e. The average Bonchev–Trinajstić information content (AvgIpc) is 2.05. The summed E-state index contributed by atoms with van der Waals surface area (Å²) < 4.78 is 0. The topological polar surface area (TPSA) is 12.4 Å². The molecule has 0 aliphatic heterocycles. The second-order valence-electron chi connectivity index (χ2n) is 2.94. The maximum atomic E-state index is 4.11. The molecule has 0 N–H and O–H groups in total. The summed E-state index contributed by atoms with van der Waals surface area (Å²) in [6.45, 7) is 6.12. The van der Waals surface area contributed by atoms with Crippen LogP contribution in [0.4, 0.5) is 0 Å². The Hall–Kier alpha value is -1.11. The summed E-state index contributed by atoms with van der Waals surface area (Å²) in [7, 11) is 1.80. The van der Waals surface area contributed by atoms with E-state index in [0.717, 1.165) is 17.7 Å². The van der Waals surface area contributed by atoms with Crippen LogP contribution in [0.5, 0.6) is 0 Å². The summed E-state index contributed by atoms with van der Waals surface area (Å²) in [4.78, 5) is 4.11. The van der Waals surface area contributed by atoms with Crippen LogP contribution in [0.25, 0.3) is 0 Å². The summed E-state index contributed by atoms with van der Waals surface area (Å²) in [5, 5.41) is 0. The second-order valence-corrected chi connectivity index (χ2v) is 2.94. The number of allylic oxidation sites excluding steroid dienone is 5. The van der Waals surface area contributed by atoms with E-state index < -0.39 is 0 Å². The molecule has 0 spiro atoms. The largest absolute Gasteiger partial charge is 0.288 e. The van der Waals surface area contributed by atoms with Crippen LogP contribution in [0.3, 0.4) is 0 Å². The van der Waals surface area contributed by atoms with Gasteiger partial charge in [-0.05, 0) is 23.6 Å². The molecule has 0 bridgehead atoms. The zero-order valence-electron chi connectivity index (χ0n) is 7.80. The lowest BCUT2D eigenvalue weighted by atomic mass is 9.98. The van der Waals surface area contributed by atoms with Gasteiger partial charge < -0.3 is 0 Å². The predicted molar refractivity (Wildman–Crippen MR) is 54.6 cm³/mol. The molecule has 0 amide bonds. The van der Waals surface area contributed by atoms with Crippen molar-refractivity contribution in [1.82, 2.24) is 0 Å². The summed E-state index contributed by atoms with van der Waals surface area (Å²) in [5.41, 5.74) is 3.38. The number of hydrogen-bond donors (Lipinski definition) is 0. The zero-order valence-corrected chi connectivity index (χ0v) is 7.80. The van der Waals surface area contributed by atoms with Crippen molar-refractivity contribution in [3.05, 3.63) is 36.0 Å². The van der Waals surface area contributed by atoms with Crippen LogP contribution in [-0.4, -0.2) is 12.8 Å². The van der Waals surface area contributed by atoms with Gasteiger partial charge in [0, 0.05) is 7.05 Å². The highest BCUT2D eigenvalue weighted by Crippen LogP contribution is 2.16. The average molecular weight is 161 g/mol. The number of aliphatic imine (C=N–C) groups is 1. The third-order valence-electron chi connectivity index (χ3n) is 1.92.